The summed E-state index contributed by atoms with van der Waals surface area (Å²) in [7, 11) is 1.48. The molecule has 0 radical (unpaired) electrons. The summed E-state index contributed by atoms with van der Waals surface area (Å²) in [5, 5.41) is 29.5. The van der Waals surface area contributed by atoms with Crippen molar-refractivity contribution in [2.24, 2.45) is 28.9 Å². The number of methoxy groups -OCH3 is 1. The number of ether oxygens (including phenoxy) is 1. The molecule has 8 heteroatoms. The summed E-state index contributed by atoms with van der Waals surface area (Å²) in [6.45, 7) is 10.3. The molecule has 4 rings (SSSR count). The van der Waals surface area contributed by atoms with Crippen LogP contribution in [-0.4, -0.2) is 70.7 Å². The van der Waals surface area contributed by atoms with Crippen LogP contribution in [0.2, 0.25) is 0 Å². The summed E-state index contributed by atoms with van der Waals surface area (Å²) in [6.07, 6.45) is 13.0. The number of piperidine rings is 1. The molecule has 1 saturated heterocycles. The monoisotopic (exact) mass is 546 g/mol. The summed E-state index contributed by atoms with van der Waals surface area (Å²) in [4.78, 5) is 23.6. The van der Waals surface area contributed by atoms with Crippen molar-refractivity contribution >= 4 is 12.0 Å². The quantitative estimate of drug-likeness (QED) is 0.378. The zero-order valence-electron chi connectivity index (χ0n) is 24.1. The molecule has 8 nitrogen and oxygen atoms in total. The van der Waals surface area contributed by atoms with Gasteiger partial charge in [0.25, 0.3) is 0 Å². The van der Waals surface area contributed by atoms with Gasteiger partial charge in [-0.05, 0) is 98.5 Å². The standard InChI is InChI=1S/C25H38O5.C6H12N2O/c1-15(12-23(30-4)24(28)29)20-9-10-21-17(6-5-11-25(20,21)3)7-8-18-13-19(26)14-22(27)16(18)2;7-6(9)8-4-2-1-3-5-8/h7-8,15,19-23,26-27H,2,5-6,9-14H2,1,3-4H3,(H,28,29);1-5H2,(H2,7,9)/b17-7?,18-8-;/t15-,19+,20-,21+,22-,23?,25-;/m1./s1. The first-order valence-electron chi connectivity index (χ1n) is 14.7. The van der Waals surface area contributed by atoms with E-state index in [1.54, 1.807) is 4.90 Å². The van der Waals surface area contributed by atoms with Crippen LogP contribution in [0.5, 0.6) is 0 Å². The molecule has 220 valence electrons. The number of carboxylic acid groups (broad SMARTS) is 1. The maximum atomic E-state index is 11.4. The van der Waals surface area contributed by atoms with Gasteiger partial charge in [0.2, 0.25) is 0 Å². The highest BCUT2D eigenvalue weighted by atomic mass is 16.5. The number of urea groups is 1. The minimum absolute atomic E-state index is 0.182. The van der Waals surface area contributed by atoms with Gasteiger partial charge in [0.15, 0.2) is 6.10 Å². The van der Waals surface area contributed by atoms with Gasteiger partial charge >= 0.3 is 12.0 Å². The molecule has 0 aromatic rings. The topological polar surface area (TPSA) is 133 Å². The SMILES string of the molecule is C=C1/C(=C\C=C2CCC[C@]3(C)[C@@H]([C@H](C)CC(OC)C(=O)O)CC[C@@H]23)C[C@H](O)C[C@H]1O.NC(=O)N1CCCCC1. The minimum atomic E-state index is -0.878. The van der Waals surface area contributed by atoms with Gasteiger partial charge in [0.05, 0.1) is 12.2 Å². The maximum Gasteiger partial charge on any atom is 0.332 e. The van der Waals surface area contributed by atoms with Gasteiger partial charge in [-0.1, -0.05) is 38.2 Å². The van der Waals surface area contributed by atoms with E-state index in [4.69, 9.17) is 10.5 Å². The lowest BCUT2D eigenvalue weighted by atomic mass is 9.60. The van der Waals surface area contributed by atoms with Crippen molar-refractivity contribution in [2.45, 2.75) is 103 Å². The van der Waals surface area contributed by atoms with Crippen LogP contribution in [0.4, 0.5) is 4.79 Å². The highest BCUT2D eigenvalue weighted by molar-refractivity contribution is 5.72. The number of carboxylic acids is 1. The third kappa shape index (κ3) is 7.74. The Morgan fingerprint density at radius 3 is 2.46 bits per heavy atom. The second-order valence-electron chi connectivity index (χ2n) is 12.3. The number of aliphatic hydroxyl groups is 2. The number of nitrogens with zero attached hydrogens (tertiary/aromatic N) is 1. The smallest absolute Gasteiger partial charge is 0.332 e. The van der Waals surface area contributed by atoms with Crippen LogP contribution in [0.3, 0.4) is 0 Å². The second kappa shape index (κ2) is 14.0. The summed E-state index contributed by atoms with van der Waals surface area (Å²) in [5.74, 6) is 0.413. The van der Waals surface area contributed by atoms with Crippen molar-refractivity contribution in [3.8, 4) is 0 Å². The Morgan fingerprint density at radius 1 is 1.18 bits per heavy atom. The van der Waals surface area contributed by atoms with Gasteiger partial charge in [0.1, 0.15) is 0 Å². The van der Waals surface area contributed by atoms with Crippen molar-refractivity contribution in [1.82, 2.24) is 4.90 Å². The summed E-state index contributed by atoms with van der Waals surface area (Å²) in [5.41, 5.74) is 8.37. The summed E-state index contributed by atoms with van der Waals surface area (Å²) >= 11 is 0. The molecule has 3 saturated carbocycles. The van der Waals surface area contributed by atoms with Crippen LogP contribution in [0.1, 0.15) is 84.5 Å². The van der Waals surface area contributed by atoms with E-state index in [2.05, 4.69) is 32.6 Å². The van der Waals surface area contributed by atoms with E-state index in [-0.39, 0.29) is 11.4 Å². The maximum absolute atomic E-state index is 11.4. The molecule has 1 aliphatic heterocycles. The Balaban J connectivity index is 0.000000395. The van der Waals surface area contributed by atoms with Gasteiger partial charge in [-0.2, -0.15) is 0 Å². The zero-order valence-corrected chi connectivity index (χ0v) is 24.1. The first-order valence-corrected chi connectivity index (χ1v) is 14.7. The number of aliphatic carboxylic acids is 1. The fourth-order valence-electron chi connectivity index (χ4n) is 7.59. The van der Waals surface area contributed by atoms with Crippen molar-refractivity contribution in [3.05, 3.63) is 35.5 Å². The molecule has 7 atom stereocenters. The predicted molar refractivity (Wildman–Crippen MR) is 152 cm³/mol. The lowest BCUT2D eigenvalue weighted by molar-refractivity contribution is -0.150. The number of rotatable bonds is 6. The molecule has 3 aliphatic carbocycles. The molecule has 0 spiro atoms. The number of hydrogen-bond acceptors (Lipinski definition) is 5. The molecule has 1 unspecified atom stereocenters. The highest BCUT2D eigenvalue weighted by Crippen LogP contribution is 2.60. The third-order valence-electron chi connectivity index (χ3n) is 9.80. The predicted octanol–water partition coefficient (Wildman–Crippen LogP) is 4.80. The Labute approximate surface area is 234 Å². The summed E-state index contributed by atoms with van der Waals surface area (Å²) < 4.78 is 5.20. The van der Waals surface area contributed by atoms with Gasteiger partial charge in [-0.25, -0.2) is 9.59 Å². The van der Waals surface area contributed by atoms with Crippen molar-refractivity contribution in [2.75, 3.05) is 20.2 Å². The highest BCUT2D eigenvalue weighted by Gasteiger charge is 2.51. The van der Waals surface area contributed by atoms with Crippen molar-refractivity contribution < 1.29 is 29.6 Å². The van der Waals surface area contributed by atoms with Crippen LogP contribution in [0.15, 0.2) is 35.5 Å². The average Bonchev–Trinajstić information content (AvgIpc) is 3.26. The van der Waals surface area contributed by atoms with E-state index >= 15 is 0 Å². The summed E-state index contributed by atoms with van der Waals surface area (Å²) in [6, 6.07) is -0.269. The lowest BCUT2D eigenvalue weighted by Crippen LogP contribution is -2.39. The molecule has 0 bridgehead atoms. The number of likely N-dealkylation sites (tertiary alicyclic amines) is 1. The van der Waals surface area contributed by atoms with E-state index in [0.29, 0.717) is 37.0 Å². The van der Waals surface area contributed by atoms with Crippen LogP contribution in [0.25, 0.3) is 0 Å². The number of primary amides is 1. The van der Waals surface area contributed by atoms with E-state index in [1.165, 1.54) is 25.5 Å². The van der Waals surface area contributed by atoms with Gasteiger partial charge in [-0.3, -0.25) is 0 Å². The number of fused-ring (bicyclic) bond motifs is 1. The van der Waals surface area contributed by atoms with E-state index in [1.807, 2.05) is 0 Å². The number of amides is 2. The number of nitrogens with two attached hydrogens (primary N) is 1. The van der Waals surface area contributed by atoms with Gasteiger partial charge in [-0.15, -0.1) is 0 Å². The molecule has 2 amide bonds. The number of carbonyl (C=O) groups excluding carboxylic acids is 1. The molecular formula is C31H50N2O6. The first-order chi connectivity index (χ1) is 18.5. The fraction of sp³-hybridized carbons (Fsp3) is 0.742. The van der Waals surface area contributed by atoms with Crippen molar-refractivity contribution in [3.63, 3.8) is 0 Å². The molecule has 0 aromatic heterocycles. The van der Waals surface area contributed by atoms with Gasteiger partial charge in [0, 0.05) is 26.6 Å². The third-order valence-corrected chi connectivity index (χ3v) is 9.80. The Morgan fingerprint density at radius 2 is 1.87 bits per heavy atom. The largest absolute Gasteiger partial charge is 0.479 e. The molecule has 4 aliphatic rings. The van der Waals surface area contributed by atoms with Crippen LogP contribution >= 0.6 is 0 Å². The Kier molecular flexibility index (Phi) is 11.2. The molecule has 5 N–H and O–H groups in total. The van der Waals surface area contributed by atoms with E-state index < -0.39 is 24.3 Å². The number of carbonyl (C=O) groups is 2. The number of allylic oxidation sites excluding steroid dienone is 3. The minimum Gasteiger partial charge on any atom is -0.479 e. The zero-order chi connectivity index (χ0) is 28.7. The van der Waals surface area contributed by atoms with E-state index in [0.717, 1.165) is 62.8 Å². The molecular weight excluding hydrogens is 496 g/mol. The van der Waals surface area contributed by atoms with Crippen LogP contribution in [0, 0.1) is 23.2 Å². The van der Waals surface area contributed by atoms with Crippen LogP contribution in [-0.2, 0) is 9.53 Å². The molecule has 4 fully saturated rings. The first kappa shape index (κ1) is 31.4. The Hall–Kier alpha value is -2.16. The van der Waals surface area contributed by atoms with Crippen molar-refractivity contribution in [1.29, 1.82) is 0 Å². The normalized spacial score (nSPS) is 34.7. The van der Waals surface area contributed by atoms with Crippen LogP contribution < -0.4 is 5.73 Å². The fourth-order valence-corrected chi connectivity index (χ4v) is 7.59. The number of aliphatic hydroxyl groups excluding tert-OH is 2. The number of hydrogen-bond donors (Lipinski definition) is 4. The molecule has 1 heterocycles. The lowest BCUT2D eigenvalue weighted by Gasteiger charge is -2.44. The van der Waals surface area contributed by atoms with Gasteiger partial charge < -0.3 is 30.7 Å². The Bertz CT molecular complexity index is 939. The second-order valence-corrected chi connectivity index (χ2v) is 12.3. The average molecular weight is 547 g/mol. The molecule has 0 aromatic carbocycles. The van der Waals surface area contributed by atoms with E-state index in [9.17, 15) is 24.9 Å². The molecule has 39 heavy (non-hydrogen) atoms.